The van der Waals surface area contributed by atoms with Crippen molar-refractivity contribution in [2.45, 2.75) is 70.3 Å². The number of likely N-dealkylation sites (tertiary alicyclic amines) is 1. The smallest absolute Gasteiger partial charge is 0.407 e. The Balaban J connectivity index is 1.55. The molecule has 0 atom stereocenters. The van der Waals surface area contributed by atoms with Crippen molar-refractivity contribution in [1.29, 1.82) is 0 Å². The molecule has 5 rings (SSSR count). The Labute approximate surface area is 298 Å². The van der Waals surface area contributed by atoms with Crippen molar-refractivity contribution in [3.8, 4) is 22.4 Å². The largest absolute Gasteiger partial charge is 0.465 e. The van der Waals surface area contributed by atoms with Crippen LogP contribution in [0.2, 0.25) is 51.4 Å². The number of hydrogen-bond acceptors (Lipinski definition) is 8. The summed E-state index contributed by atoms with van der Waals surface area (Å²) < 4.78 is 14.6. The second kappa shape index (κ2) is 16.3. The van der Waals surface area contributed by atoms with Crippen LogP contribution in [0, 0.1) is 0 Å². The fraction of sp³-hybridized carbons (Fsp3) is 0.459. The van der Waals surface area contributed by atoms with Gasteiger partial charge in [0.2, 0.25) is 0 Å². The Bertz CT molecular complexity index is 1710. The molecule has 0 aliphatic carbocycles. The van der Waals surface area contributed by atoms with Crippen molar-refractivity contribution in [1.82, 2.24) is 24.5 Å². The molecule has 13 heteroatoms. The minimum atomic E-state index is -1.30. The number of carboxylic acid groups (broad SMARTS) is 1. The second-order valence-corrected chi connectivity index (χ2v) is 26.7. The van der Waals surface area contributed by atoms with Crippen molar-refractivity contribution < 1.29 is 19.4 Å². The van der Waals surface area contributed by atoms with E-state index in [2.05, 4.69) is 62.1 Å². The standard InChI is InChI=1S/C37H53N7O4Si2/c1-8-31-34(40-30-16-18-42(19-17-30)37(45)46)41-35-32(29-14-15-33(38-24-29)28-12-10-9-11-13-28)25-39-44(35)36(31)43(26-47-20-22-49(2,3)4)27-48-21-23-50(5,6)7/h8-15,24-25,30H,1,16-23,26-27H2,2-7H3,(H,40,41)(H,45,46). The van der Waals surface area contributed by atoms with Crippen molar-refractivity contribution in [2.75, 3.05) is 50.0 Å². The van der Waals surface area contributed by atoms with Crippen molar-refractivity contribution in [3.63, 3.8) is 0 Å². The number of hydrogen-bond donors (Lipinski definition) is 2. The predicted molar refractivity (Wildman–Crippen MR) is 208 cm³/mol. The molecule has 0 saturated carbocycles. The molecule has 50 heavy (non-hydrogen) atoms. The third kappa shape index (κ3) is 9.80. The number of benzene rings is 1. The number of amides is 1. The average molecular weight is 716 g/mol. The molecule has 0 radical (unpaired) electrons. The molecule has 1 aromatic carbocycles. The first-order valence-corrected chi connectivity index (χ1v) is 25.0. The lowest BCUT2D eigenvalue weighted by Gasteiger charge is -2.32. The lowest BCUT2D eigenvalue weighted by molar-refractivity contribution is 0.0942. The quantitative estimate of drug-likeness (QED) is 0.0675. The molecular weight excluding hydrogens is 663 g/mol. The fourth-order valence-electron chi connectivity index (χ4n) is 5.80. The monoisotopic (exact) mass is 715 g/mol. The lowest BCUT2D eigenvalue weighted by atomic mass is 10.0. The molecule has 3 aromatic heterocycles. The van der Waals surface area contributed by atoms with E-state index in [0.717, 1.165) is 45.9 Å². The zero-order valence-corrected chi connectivity index (χ0v) is 32.5. The fourth-order valence-corrected chi connectivity index (χ4v) is 7.32. The molecule has 1 saturated heterocycles. The minimum absolute atomic E-state index is 0.0414. The van der Waals surface area contributed by atoms with E-state index in [0.29, 0.717) is 64.1 Å². The van der Waals surface area contributed by atoms with E-state index in [9.17, 15) is 9.90 Å². The van der Waals surface area contributed by atoms with Crippen LogP contribution < -0.4 is 10.2 Å². The Hall–Kier alpha value is -4.05. The third-order valence-corrected chi connectivity index (χ3v) is 12.3. The van der Waals surface area contributed by atoms with E-state index in [4.69, 9.17) is 24.5 Å². The van der Waals surface area contributed by atoms with Crippen LogP contribution in [0.3, 0.4) is 0 Å². The summed E-state index contributed by atoms with van der Waals surface area (Å²) in [5.74, 6) is 1.44. The normalized spacial score (nSPS) is 14.2. The van der Waals surface area contributed by atoms with Gasteiger partial charge >= 0.3 is 6.09 Å². The van der Waals surface area contributed by atoms with Crippen LogP contribution in [0.1, 0.15) is 18.4 Å². The number of anilines is 2. The van der Waals surface area contributed by atoms with E-state index < -0.39 is 22.2 Å². The van der Waals surface area contributed by atoms with Gasteiger partial charge in [-0.05, 0) is 31.0 Å². The van der Waals surface area contributed by atoms with Crippen LogP contribution in [0.4, 0.5) is 16.4 Å². The molecule has 0 unspecified atom stereocenters. The highest BCUT2D eigenvalue weighted by Gasteiger charge is 2.27. The number of nitrogens with zero attached hydrogens (tertiary/aromatic N) is 6. The number of aromatic nitrogens is 4. The summed E-state index contributed by atoms with van der Waals surface area (Å²) in [6.07, 6.45) is 5.98. The Kier molecular flexibility index (Phi) is 12.1. The van der Waals surface area contributed by atoms with Crippen LogP contribution in [0.15, 0.2) is 61.4 Å². The Morgan fingerprint density at radius 3 is 2.14 bits per heavy atom. The number of rotatable bonds is 16. The van der Waals surface area contributed by atoms with E-state index in [1.54, 1.807) is 0 Å². The van der Waals surface area contributed by atoms with Gasteiger partial charge in [-0.3, -0.25) is 4.98 Å². The van der Waals surface area contributed by atoms with Gasteiger partial charge < -0.3 is 29.7 Å². The van der Waals surface area contributed by atoms with Crippen molar-refractivity contribution >= 4 is 45.6 Å². The van der Waals surface area contributed by atoms with Crippen molar-refractivity contribution in [3.05, 3.63) is 67.0 Å². The van der Waals surface area contributed by atoms with Gasteiger partial charge in [-0.2, -0.15) is 9.61 Å². The molecule has 0 spiro atoms. The van der Waals surface area contributed by atoms with Gasteiger partial charge in [-0.15, -0.1) is 0 Å². The maximum atomic E-state index is 11.6. The van der Waals surface area contributed by atoms with Gasteiger partial charge in [-0.1, -0.05) is 88.3 Å². The maximum Gasteiger partial charge on any atom is 0.407 e. The van der Waals surface area contributed by atoms with Gasteiger partial charge in [0, 0.05) is 71.4 Å². The minimum Gasteiger partial charge on any atom is -0.465 e. The number of fused-ring (bicyclic) bond motifs is 1. The molecular formula is C37H53N7O4Si2. The van der Waals surface area contributed by atoms with Crippen LogP contribution >= 0.6 is 0 Å². The summed E-state index contributed by atoms with van der Waals surface area (Å²) in [6, 6.07) is 16.3. The van der Waals surface area contributed by atoms with Gasteiger partial charge in [0.05, 0.1) is 17.5 Å². The zero-order valence-electron chi connectivity index (χ0n) is 30.5. The molecule has 4 heterocycles. The van der Waals surface area contributed by atoms with Crippen molar-refractivity contribution in [2.24, 2.45) is 0 Å². The summed E-state index contributed by atoms with van der Waals surface area (Å²) in [4.78, 5) is 25.1. The zero-order chi connectivity index (χ0) is 35.9. The number of carbonyl (C=O) groups is 1. The van der Waals surface area contributed by atoms with E-state index in [-0.39, 0.29) is 6.04 Å². The third-order valence-electron chi connectivity index (χ3n) is 8.90. The Morgan fingerprint density at radius 1 is 0.960 bits per heavy atom. The molecule has 1 aliphatic heterocycles. The summed E-state index contributed by atoms with van der Waals surface area (Å²) in [6.45, 7) is 21.2. The molecule has 268 valence electrons. The summed E-state index contributed by atoms with van der Waals surface area (Å²) in [5.41, 5.74) is 5.13. The predicted octanol–water partition coefficient (Wildman–Crippen LogP) is 8.09. The number of nitrogens with one attached hydrogen (secondary N) is 1. The number of piperidine rings is 1. The first-order valence-electron chi connectivity index (χ1n) is 17.5. The first-order chi connectivity index (χ1) is 23.8. The van der Waals surface area contributed by atoms with Crippen LogP contribution in [0.5, 0.6) is 0 Å². The first kappa shape index (κ1) is 37.2. The van der Waals surface area contributed by atoms with Gasteiger partial charge in [0.25, 0.3) is 0 Å². The molecule has 0 bridgehead atoms. The average Bonchev–Trinajstić information content (AvgIpc) is 3.50. The van der Waals surface area contributed by atoms with E-state index >= 15 is 0 Å². The highest BCUT2D eigenvalue weighted by Crippen LogP contribution is 2.34. The van der Waals surface area contributed by atoms with Gasteiger partial charge in [0.1, 0.15) is 25.1 Å². The second-order valence-electron chi connectivity index (χ2n) is 15.4. The lowest BCUT2D eigenvalue weighted by Crippen LogP contribution is -2.42. The van der Waals surface area contributed by atoms with E-state index in [1.807, 2.05) is 59.4 Å². The Morgan fingerprint density at radius 2 is 1.60 bits per heavy atom. The number of ether oxygens (including phenoxy) is 2. The van der Waals surface area contributed by atoms with Gasteiger partial charge in [0.15, 0.2) is 5.65 Å². The molecule has 2 N–H and O–H groups in total. The molecule has 1 fully saturated rings. The summed E-state index contributed by atoms with van der Waals surface area (Å²) in [7, 11) is -2.60. The van der Waals surface area contributed by atoms with Crippen LogP contribution in [0.25, 0.3) is 34.1 Å². The summed E-state index contributed by atoms with van der Waals surface area (Å²) >= 11 is 0. The molecule has 1 aliphatic rings. The van der Waals surface area contributed by atoms with Gasteiger partial charge in [-0.25, -0.2) is 9.78 Å². The summed E-state index contributed by atoms with van der Waals surface area (Å²) in [5, 5.41) is 18.1. The number of pyridine rings is 1. The highest BCUT2D eigenvalue weighted by atomic mass is 28.3. The van der Waals surface area contributed by atoms with E-state index in [1.165, 1.54) is 4.90 Å². The topological polar surface area (TPSA) is 117 Å². The maximum absolute atomic E-state index is 11.6. The van der Waals surface area contributed by atoms with Crippen LogP contribution in [-0.2, 0) is 9.47 Å². The highest BCUT2D eigenvalue weighted by molar-refractivity contribution is 6.76. The molecule has 11 nitrogen and oxygen atoms in total. The SMILES string of the molecule is C=Cc1c(NC2CCN(C(=O)O)CC2)nc2c(-c3ccc(-c4ccccc4)nc3)cnn2c1N(COCC[Si](C)(C)C)COCC[Si](C)(C)C. The van der Waals surface area contributed by atoms with Crippen LogP contribution in [-0.4, -0.2) is 97.6 Å². The molecule has 4 aromatic rings. The molecule has 1 amide bonds.